The van der Waals surface area contributed by atoms with Crippen molar-refractivity contribution in [2.45, 2.75) is 31.6 Å². The van der Waals surface area contributed by atoms with Crippen LogP contribution in [0.15, 0.2) is 47.4 Å². The number of carbonyl (C=O) groups is 2. The van der Waals surface area contributed by atoms with Crippen molar-refractivity contribution in [3.8, 4) is 12.3 Å². The van der Waals surface area contributed by atoms with Crippen molar-refractivity contribution in [1.82, 2.24) is 4.72 Å². The molecule has 0 heterocycles. The number of nitrogens with one attached hydrogen (secondary N) is 2. The third kappa shape index (κ3) is 5.92. The molecule has 1 amide bonds. The number of aryl methyl sites for hydroxylation is 1. The highest BCUT2D eigenvalue weighted by Gasteiger charge is 2.18. The first-order valence-electron chi connectivity index (χ1n) is 9.25. The highest BCUT2D eigenvalue weighted by atomic mass is 32.2. The molecule has 30 heavy (non-hydrogen) atoms. The summed E-state index contributed by atoms with van der Waals surface area (Å²) in [5.74, 6) is 1.08. The van der Waals surface area contributed by atoms with E-state index in [0.717, 1.165) is 17.2 Å². The molecule has 0 spiro atoms. The minimum absolute atomic E-state index is 0.00476. The maximum atomic E-state index is 12.3. The number of para-hydroxylation sites is 1. The lowest BCUT2D eigenvalue weighted by atomic mass is 9.98. The molecule has 0 aliphatic carbocycles. The third-order valence-electron chi connectivity index (χ3n) is 4.27. The van der Waals surface area contributed by atoms with Crippen LogP contribution in [0.1, 0.15) is 41.3 Å². The second-order valence-electron chi connectivity index (χ2n) is 6.87. The Bertz CT molecular complexity index is 1080. The van der Waals surface area contributed by atoms with Crippen molar-refractivity contribution in [2.75, 3.05) is 18.5 Å². The zero-order valence-electron chi connectivity index (χ0n) is 17.1. The molecule has 158 valence electrons. The first kappa shape index (κ1) is 23.1. The summed E-state index contributed by atoms with van der Waals surface area (Å²) in [6.45, 7) is 5.24. The topological polar surface area (TPSA) is 102 Å². The van der Waals surface area contributed by atoms with Crippen molar-refractivity contribution < 1.29 is 22.7 Å². The van der Waals surface area contributed by atoms with E-state index in [0.29, 0.717) is 5.69 Å². The lowest BCUT2D eigenvalue weighted by Gasteiger charge is -2.16. The average molecular weight is 429 g/mol. The number of esters is 1. The van der Waals surface area contributed by atoms with Crippen LogP contribution < -0.4 is 10.0 Å². The number of rotatable bonds is 8. The zero-order chi connectivity index (χ0) is 22.3. The number of ether oxygens (including phenoxy) is 1. The summed E-state index contributed by atoms with van der Waals surface area (Å²) in [4.78, 5) is 24.5. The molecule has 8 heteroatoms. The normalized spacial score (nSPS) is 11.0. The number of benzene rings is 2. The molecule has 2 N–H and O–H groups in total. The van der Waals surface area contributed by atoms with Gasteiger partial charge >= 0.3 is 5.97 Å². The maximum Gasteiger partial charge on any atom is 0.338 e. The molecule has 0 aromatic heterocycles. The molecule has 0 bridgehead atoms. The van der Waals surface area contributed by atoms with E-state index in [-0.39, 0.29) is 22.9 Å². The summed E-state index contributed by atoms with van der Waals surface area (Å²) in [5.41, 5.74) is 2.58. The smallest absolute Gasteiger partial charge is 0.338 e. The van der Waals surface area contributed by atoms with Gasteiger partial charge < -0.3 is 10.1 Å². The zero-order valence-corrected chi connectivity index (χ0v) is 17.9. The van der Waals surface area contributed by atoms with Gasteiger partial charge in [-0.1, -0.05) is 44.0 Å². The molecule has 0 aliphatic heterocycles. The lowest BCUT2D eigenvalue weighted by Crippen LogP contribution is -2.24. The fourth-order valence-electron chi connectivity index (χ4n) is 2.74. The van der Waals surface area contributed by atoms with E-state index in [4.69, 9.17) is 11.2 Å². The Labute approximate surface area is 176 Å². The molecule has 0 fully saturated rings. The SMILES string of the molecule is C#CCNS(=O)(=O)c1cccc(C(=O)OCC(=O)Nc2c(C)cccc2C(C)C)c1. The number of amides is 1. The second-order valence-corrected chi connectivity index (χ2v) is 8.64. The highest BCUT2D eigenvalue weighted by molar-refractivity contribution is 7.89. The van der Waals surface area contributed by atoms with Gasteiger partial charge in [0.05, 0.1) is 17.0 Å². The summed E-state index contributed by atoms with van der Waals surface area (Å²) in [7, 11) is -3.85. The summed E-state index contributed by atoms with van der Waals surface area (Å²) < 4.78 is 31.5. The van der Waals surface area contributed by atoms with Crippen LogP contribution in [0.4, 0.5) is 5.69 Å². The number of hydrogen-bond donors (Lipinski definition) is 2. The Morgan fingerprint density at radius 1 is 1.17 bits per heavy atom. The molecule has 0 saturated heterocycles. The van der Waals surface area contributed by atoms with Crippen LogP contribution in [-0.4, -0.2) is 33.4 Å². The van der Waals surface area contributed by atoms with Crippen LogP contribution in [0.2, 0.25) is 0 Å². The van der Waals surface area contributed by atoms with Gasteiger partial charge in [0.25, 0.3) is 5.91 Å². The first-order chi connectivity index (χ1) is 14.2. The maximum absolute atomic E-state index is 12.3. The van der Waals surface area contributed by atoms with E-state index in [9.17, 15) is 18.0 Å². The molecule has 0 atom stereocenters. The van der Waals surface area contributed by atoms with E-state index in [1.807, 2.05) is 39.0 Å². The molecular weight excluding hydrogens is 404 g/mol. The van der Waals surface area contributed by atoms with Crippen molar-refractivity contribution in [3.63, 3.8) is 0 Å². The Balaban J connectivity index is 2.06. The third-order valence-corrected chi connectivity index (χ3v) is 5.67. The van der Waals surface area contributed by atoms with E-state index in [1.54, 1.807) is 0 Å². The summed E-state index contributed by atoms with van der Waals surface area (Å²) >= 11 is 0. The second kappa shape index (κ2) is 10.1. The number of hydrogen-bond acceptors (Lipinski definition) is 5. The molecule has 2 aromatic rings. The predicted molar refractivity (Wildman–Crippen MR) is 115 cm³/mol. The van der Waals surface area contributed by atoms with Gasteiger partial charge in [0, 0.05) is 5.69 Å². The standard InChI is InChI=1S/C22H24N2O5S/c1-5-12-23-30(27,28)18-10-7-9-17(13-18)22(26)29-14-20(25)24-21-16(4)8-6-11-19(21)15(2)3/h1,6-11,13,15,23H,12,14H2,2-4H3,(H,24,25). The molecule has 0 unspecified atom stereocenters. The van der Waals surface area contributed by atoms with Gasteiger partial charge in [-0.15, -0.1) is 6.42 Å². The van der Waals surface area contributed by atoms with Crippen LogP contribution in [0.3, 0.4) is 0 Å². The van der Waals surface area contributed by atoms with Crippen LogP contribution in [0, 0.1) is 19.3 Å². The Hall–Kier alpha value is -3.15. The van der Waals surface area contributed by atoms with E-state index in [2.05, 4.69) is 16.0 Å². The van der Waals surface area contributed by atoms with Crippen molar-refractivity contribution in [3.05, 3.63) is 59.2 Å². The average Bonchev–Trinajstić information content (AvgIpc) is 2.72. The van der Waals surface area contributed by atoms with Crippen molar-refractivity contribution >= 4 is 27.6 Å². The fourth-order valence-corrected chi connectivity index (χ4v) is 3.72. The van der Waals surface area contributed by atoms with Gasteiger partial charge in [-0.2, -0.15) is 4.72 Å². The highest BCUT2D eigenvalue weighted by Crippen LogP contribution is 2.27. The van der Waals surface area contributed by atoms with Gasteiger partial charge in [0.15, 0.2) is 6.61 Å². The minimum atomic E-state index is -3.85. The molecular formula is C22H24N2O5S. The van der Waals surface area contributed by atoms with Gasteiger partial charge in [-0.25, -0.2) is 13.2 Å². The molecule has 2 rings (SSSR count). The van der Waals surface area contributed by atoms with Crippen molar-refractivity contribution in [2.24, 2.45) is 0 Å². The number of anilines is 1. The van der Waals surface area contributed by atoms with Gasteiger partial charge in [-0.05, 0) is 42.2 Å². The number of sulfonamides is 1. The Morgan fingerprint density at radius 2 is 1.87 bits per heavy atom. The molecule has 7 nitrogen and oxygen atoms in total. The van der Waals surface area contributed by atoms with Gasteiger partial charge in [0.1, 0.15) is 0 Å². The molecule has 0 saturated carbocycles. The fraction of sp³-hybridized carbons (Fsp3) is 0.273. The van der Waals surface area contributed by atoms with Gasteiger partial charge in [-0.3, -0.25) is 4.79 Å². The largest absolute Gasteiger partial charge is 0.452 e. The van der Waals surface area contributed by atoms with Crippen LogP contribution in [-0.2, 0) is 19.6 Å². The number of carbonyl (C=O) groups excluding carboxylic acids is 2. The van der Waals surface area contributed by atoms with Crippen LogP contribution in [0.25, 0.3) is 0 Å². The monoisotopic (exact) mass is 428 g/mol. The Kier molecular flexibility index (Phi) is 7.75. The van der Waals surface area contributed by atoms with E-state index >= 15 is 0 Å². The summed E-state index contributed by atoms with van der Waals surface area (Å²) in [6.07, 6.45) is 5.06. The quantitative estimate of drug-likeness (QED) is 0.497. The summed E-state index contributed by atoms with van der Waals surface area (Å²) in [6, 6.07) is 11.0. The molecule has 0 aliphatic rings. The molecule has 0 radical (unpaired) electrons. The van der Waals surface area contributed by atoms with Crippen LogP contribution >= 0.6 is 0 Å². The lowest BCUT2D eigenvalue weighted by molar-refractivity contribution is -0.119. The minimum Gasteiger partial charge on any atom is -0.452 e. The van der Waals surface area contributed by atoms with Gasteiger partial charge in [0.2, 0.25) is 10.0 Å². The molecule has 2 aromatic carbocycles. The Morgan fingerprint density at radius 3 is 2.53 bits per heavy atom. The predicted octanol–water partition coefficient (Wildman–Crippen LogP) is 2.83. The van der Waals surface area contributed by atoms with Crippen molar-refractivity contribution in [1.29, 1.82) is 0 Å². The number of terminal acetylenes is 1. The van der Waals surface area contributed by atoms with Crippen LogP contribution in [0.5, 0.6) is 0 Å². The van der Waals surface area contributed by atoms with E-state index in [1.165, 1.54) is 18.2 Å². The van der Waals surface area contributed by atoms with E-state index < -0.39 is 28.5 Å². The first-order valence-corrected chi connectivity index (χ1v) is 10.7. The summed E-state index contributed by atoms with van der Waals surface area (Å²) in [5, 5.41) is 2.78.